The lowest BCUT2D eigenvalue weighted by Crippen LogP contribution is -2.55. The molecule has 0 unspecified atom stereocenters. The highest BCUT2D eigenvalue weighted by atomic mass is 35.5. The maximum absolute atomic E-state index is 14.1. The van der Waals surface area contributed by atoms with Gasteiger partial charge in [-0.1, -0.05) is 29.8 Å². The normalized spacial score (nSPS) is 20.1. The van der Waals surface area contributed by atoms with E-state index in [0.717, 1.165) is 0 Å². The summed E-state index contributed by atoms with van der Waals surface area (Å²) in [6, 6.07) is 9.79. The molecular weight excluding hydrogens is 449 g/mol. The summed E-state index contributed by atoms with van der Waals surface area (Å²) >= 11 is 6.36. The first-order valence-electron chi connectivity index (χ1n) is 10.4. The van der Waals surface area contributed by atoms with Gasteiger partial charge in [0.25, 0.3) is 5.56 Å². The lowest BCUT2D eigenvalue weighted by atomic mass is 9.75. The molecule has 10 heteroatoms. The Morgan fingerprint density at radius 1 is 1.24 bits per heavy atom. The van der Waals surface area contributed by atoms with Crippen molar-refractivity contribution in [3.8, 4) is 5.69 Å². The molecule has 0 radical (unpaired) electrons. The van der Waals surface area contributed by atoms with Crippen LogP contribution in [0.3, 0.4) is 0 Å². The Hall–Kier alpha value is -3.27. The summed E-state index contributed by atoms with van der Waals surface area (Å²) in [6.07, 6.45) is 4.80. The van der Waals surface area contributed by atoms with E-state index in [1.54, 1.807) is 41.2 Å². The van der Waals surface area contributed by atoms with Crippen molar-refractivity contribution >= 4 is 28.3 Å². The van der Waals surface area contributed by atoms with Gasteiger partial charge < -0.3 is 15.5 Å². The number of halogens is 2. The van der Waals surface area contributed by atoms with Crippen molar-refractivity contribution in [1.82, 2.24) is 19.3 Å². The number of anilines is 1. The number of nitrogens with one attached hydrogen (secondary N) is 1. The van der Waals surface area contributed by atoms with Crippen LogP contribution in [0.4, 0.5) is 10.2 Å². The molecule has 170 valence electrons. The molecule has 3 aromatic heterocycles. The summed E-state index contributed by atoms with van der Waals surface area (Å²) < 4.78 is 17.0. The minimum absolute atomic E-state index is 0.156. The summed E-state index contributed by atoms with van der Waals surface area (Å²) in [5.74, 6) is 0.0929. The highest BCUT2D eigenvalue weighted by Gasteiger charge is 2.43. The van der Waals surface area contributed by atoms with Crippen molar-refractivity contribution in [2.45, 2.75) is 31.0 Å². The van der Waals surface area contributed by atoms with Crippen molar-refractivity contribution in [2.24, 2.45) is 0 Å². The predicted molar refractivity (Wildman–Crippen MR) is 122 cm³/mol. The second kappa shape index (κ2) is 8.26. The number of hydrogen-bond donors (Lipinski definition) is 3. The smallest absolute Gasteiger partial charge is 0.266 e. The first kappa shape index (κ1) is 21.6. The van der Waals surface area contributed by atoms with Gasteiger partial charge in [-0.2, -0.15) is 5.10 Å². The van der Waals surface area contributed by atoms with Crippen LogP contribution in [0.5, 0.6) is 0 Å². The number of benzene rings is 1. The lowest BCUT2D eigenvalue weighted by molar-refractivity contribution is 0.00484. The van der Waals surface area contributed by atoms with Gasteiger partial charge >= 0.3 is 0 Å². The Bertz CT molecular complexity index is 1400. The standard InChI is InChI=1S/C23H21ClFN5O3/c24-17-11-26-21(28-23(13-31)8-15(32)9-23)7-20(17)29-6-5-19-16(22(29)33)10-27-30(19)12-14-3-1-2-4-18(14)25/h1-7,10-11,15,31-32H,8-9,12-13H2,(H,26,28). The van der Waals surface area contributed by atoms with E-state index < -0.39 is 11.6 Å². The second-order valence-corrected chi connectivity index (χ2v) is 8.74. The second-order valence-electron chi connectivity index (χ2n) is 8.33. The van der Waals surface area contributed by atoms with Crippen LogP contribution in [0, 0.1) is 5.82 Å². The van der Waals surface area contributed by atoms with E-state index in [9.17, 15) is 19.4 Å². The Morgan fingerprint density at radius 2 is 2.03 bits per heavy atom. The van der Waals surface area contributed by atoms with Gasteiger partial charge in [-0.05, 0) is 25.0 Å². The topological polar surface area (TPSA) is 105 Å². The monoisotopic (exact) mass is 469 g/mol. The molecule has 1 saturated carbocycles. The van der Waals surface area contributed by atoms with Crippen LogP contribution >= 0.6 is 11.6 Å². The molecule has 4 aromatic rings. The molecule has 0 aliphatic heterocycles. The van der Waals surface area contributed by atoms with Gasteiger partial charge in [0.15, 0.2) is 0 Å². The molecule has 1 aliphatic rings. The maximum Gasteiger partial charge on any atom is 0.266 e. The average molecular weight is 470 g/mol. The zero-order valence-electron chi connectivity index (χ0n) is 17.4. The molecule has 0 amide bonds. The van der Waals surface area contributed by atoms with Crippen LogP contribution in [0.15, 0.2) is 59.8 Å². The fourth-order valence-electron chi connectivity index (χ4n) is 4.25. The molecule has 0 atom stereocenters. The molecule has 8 nitrogen and oxygen atoms in total. The molecule has 1 aromatic carbocycles. The van der Waals surface area contributed by atoms with E-state index in [2.05, 4.69) is 15.4 Å². The maximum atomic E-state index is 14.1. The molecule has 0 spiro atoms. The van der Waals surface area contributed by atoms with Crippen molar-refractivity contribution in [2.75, 3.05) is 11.9 Å². The highest BCUT2D eigenvalue weighted by molar-refractivity contribution is 6.32. The van der Waals surface area contributed by atoms with E-state index in [4.69, 9.17) is 11.6 Å². The Kier molecular flexibility index (Phi) is 5.40. The number of aromatic nitrogens is 4. The van der Waals surface area contributed by atoms with E-state index in [1.165, 1.54) is 23.0 Å². The number of pyridine rings is 2. The van der Waals surface area contributed by atoms with Crippen LogP contribution < -0.4 is 10.9 Å². The van der Waals surface area contributed by atoms with Gasteiger partial charge in [0.1, 0.15) is 11.6 Å². The predicted octanol–water partition coefficient (Wildman–Crippen LogP) is 2.72. The summed E-state index contributed by atoms with van der Waals surface area (Å²) in [6.45, 7) is 0.0373. The average Bonchev–Trinajstić information content (AvgIpc) is 3.19. The van der Waals surface area contributed by atoms with Crippen LogP contribution in [-0.2, 0) is 6.54 Å². The molecule has 33 heavy (non-hydrogen) atoms. The van der Waals surface area contributed by atoms with Gasteiger partial charge in [0.2, 0.25) is 0 Å². The fraction of sp³-hybridized carbons (Fsp3) is 0.261. The van der Waals surface area contributed by atoms with Gasteiger partial charge in [0, 0.05) is 17.8 Å². The number of nitrogens with zero attached hydrogens (tertiary/aromatic N) is 4. The van der Waals surface area contributed by atoms with Crippen LogP contribution in [-0.4, -0.2) is 47.8 Å². The van der Waals surface area contributed by atoms with Crippen molar-refractivity contribution in [1.29, 1.82) is 0 Å². The van der Waals surface area contributed by atoms with Crippen LogP contribution in [0.25, 0.3) is 16.6 Å². The third-order valence-corrected chi connectivity index (χ3v) is 6.32. The van der Waals surface area contributed by atoms with E-state index in [-0.39, 0.29) is 29.6 Å². The molecule has 1 fully saturated rings. The molecule has 3 heterocycles. The molecule has 0 saturated heterocycles. The number of hydrogen-bond acceptors (Lipinski definition) is 6. The largest absolute Gasteiger partial charge is 0.394 e. The van der Waals surface area contributed by atoms with E-state index in [0.29, 0.717) is 40.8 Å². The minimum atomic E-state index is -0.652. The first-order valence-corrected chi connectivity index (χ1v) is 10.8. The quantitative estimate of drug-likeness (QED) is 0.401. The molecule has 3 N–H and O–H groups in total. The summed E-state index contributed by atoms with van der Waals surface area (Å²) in [5, 5.41) is 27.5. The lowest BCUT2D eigenvalue weighted by Gasteiger charge is -2.45. The molecule has 5 rings (SSSR count). The number of aliphatic hydroxyl groups excluding tert-OH is 2. The summed E-state index contributed by atoms with van der Waals surface area (Å²) in [7, 11) is 0. The van der Waals surface area contributed by atoms with Crippen molar-refractivity contribution in [3.05, 3.63) is 81.7 Å². The number of rotatable bonds is 6. The van der Waals surface area contributed by atoms with E-state index >= 15 is 0 Å². The van der Waals surface area contributed by atoms with Crippen molar-refractivity contribution < 1.29 is 14.6 Å². The van der Waals surface area contributed by atoms with Crippen LogP contribution in [0.2, 0.25) is 5.02 Å². The minimum Gasteiger partial charge on any atom is -0.394 e. The van der Waals surface area contributed by atoms with Gasteiger partial charge in [0.05, 0.1) is 58.8 Å². The van der Waals surface area contributed by atoms with Crippen molar-refractivity contribution in [3.63, 3.8) is 0 Å². The highest BCUT2D eigenvalue weighted by Crippen LogP contribution is 2.35. The Morgan fingerprint density at radius 3 is 2.76 bits per heavy atom. The third-order valence-electron chi connectivity index (χ3n) is 6.03. The SMILES string of the molecule is O=c1c2cnn(Cc3ccccc3F)c2ccn1-c1cc(NC2(CO)CC(O)C2)ncc1Cl. The van der Waals surface area contributed by atoms with Crippen LogP contribution in [0.1, 0.15) is 18.4 Å². The number of aliphatic hydroxyl groups is 2. The molecule has 0 bridgehead atoms. The Labute approximate surface area is 192 Å². The molecular formula is C23H21ClFN5O3. The molecule has 1 aliphatic carbocycles. The summed E-state index contributed by atoms with van der Waals surface area (Å²) in [4.78, 5) is 17.5. The Balaban J connectivity index is 1.50. The third kappa shape index (κ3) is 3.88. The van der Waals surface area contributed by atoms with E-state index in [1.807, 2.05) is 0 Å². The zero-order chi connectivity index (χ0) is 23.2. The zero-order valence-corrected chi connectivity index (χ0v) is 18.2. The summed E-state index contributed by atoms with van der Waals surface area (Å²) in [5.41, 5.74) is 0.475. The fourth-order valence-corrected chi connectivity index (χ4v) is 4.44. The van der Waals surface area contributed by atoms with Gasteiger partial charge in [-0.3, -0.25) is 14.0 Å². The van der Waals surface area contributed by atoms with Gasteiger partial charge in [-0.15, -0.1) is 0 Å². The number of fused-ring (bicyclic) bond motifs is 1. The van der Waals surface area contributed by atoms with Gasteiger partial charge in [-0.25, -0.2) is 9.37 Å². The first-order chi connectivity index (χ1) is 15.9.